The Morgan fingerprint density at radius 2 is 2.00 bits per heavy atom. The van der Waals surface area contributed by atoms with Crippen molar-refractivity contribution in [3.8, 4) is 0 Å². The van der Waals surface area contributed by atoms with Gasteiger partial charge in [0.15, 0.2) is 5.16 Å². The number of fused-ring (bicyclic) bond motifs is 1. The maximum atomic E-state index is 5.80. The molecule has 2 aromatic rings. The molecule has 0 saturated heterocycles. The molecule has 1 aromatic heterocycles. The van der Waals surface area contributed by atoms with Crippen LogP contribution in [0.3, 0.4) is 0 Å². The Morgan fingerprint density at radius 1 is 1.14 bits per heavy atom. The van der Waals surface area contributed by atoms with Gasteiger partial charge in [-0.25, -0.2) is 0 Å². The molecule has 5 heteroatoms. The van der Waals surface area contributed by atoms with Gasteiger partial charge >= 0.3 is 0 Å². The Bertz CT molecular complexity index is 567. The van der Waals surface area contributed by atoms with Crippen LogP contribution < -0.4 is 5.73 Å². The Balaban J connectivity index is 1.82. The maximum Gasteiger partial charge on any atom is 0.191 e. The predicted molar refractivity (Wildman–Crippen MR) is 86.3 cm³/mol. The molecule has 4 nitrogen and oxygen atoms in total. The van der Waals surface area contributed by atoms with Crippen molar-refractivity contribution in [2.24, 2.45) is 5.73 Å². The molecular formula is C16H22N4S. The van der Waals surface area contributed by atoms with Crippen LogP contribution in [-0.2, 0) is 13.0 Å². The first-order valence-corrected chi connectivity index (χ1v) is 8.60. The molecule has 1 unspecified atom stereocenters. The first-order chi connectivity index (χ1) is 10.4. The molecular weight excluding hydrogens is 280 g/mol. The largest absolute Gasteiger partial charge is 0.330 e. The molecule has 0 aliphatic carbocycles. The number of hydrogen-bond acceptors (Lipinski definition) is 4. The van der Waals surface area contributed by atoms with Crippen LogP contribution in [0.4, 0.5) is 0 Å². The van der Waals surface area contributed by atoms with E-state index in [1.165, 1.54) is 24.8 Å². The van der Waals surface area contributed by atoms with E-state index in [1.807, 2.05) is 0 Å². The summed E-state index contributed by atoms with van der Waals surface area (Å²) in [5.41, 5.74) is 7.12. The topological polar surface area (TPSA) is 56.7 Å². The lowest BCUT2D eigenvalue weighted by atomic mass is 10.1. The summed E-state index contributed by atoms with van der Waals surface area (Å²) in [6.45, 7) is 1.74. The monoisotopic (exact) mass is 302 g/mol. The summed E-state index contributed by atoms with van der Waals surface area (Å²) in [4.78, 5) is 0. The van der Waals surface area contributed by atoms with E-state index in [0.717, 1.165) is 30.4 Å². The van der Waals surface area contributed by atoms with Gasteiger partial charge in [-0.2, -0.15) is 0 Å². The van der Waals surface area contributed by atoms with Crippen LogP contribution in [0.15, 0.2) is 35.5 Å². The SMILES string of the molecule is NCCC(Sc1nnc2n1CCCCC2)c1ccccc1. The second-order valence-electron chi connectivity index (χ2n) is 5.46. The molecule has 21 heavy (non-hydrogen) atoms. The molecule has 0 radical (unpaired) electrons. The maximum absolute atomic E-state index is 5.80. The van der Waals surface area contributed by atoms with Gasteiger partial charge < -0.3 is 10.3 Å². The molecule has 0 saturated carbocycles. The van der Waals surface area contributed by atoms with Gasteiger partial charge in [-0.3, -0.25) is 0 Å². The quantitative estimate of drug-likeness (QED) is 0.862. The molecule has 0 amide bonds. The second-order valence-corrected chi connectivity index (χ2v) is 6.63. The average molecular weight is 302 g/mol. The first-order valence-electron chi connectivity index (χ1n) is 7.72. The van der Waals surface area contributed by atoms with E-state index in [2.05, 4.69) is 45.1 Å². The van der Waals surface area contributed by atoms with Gasteiger partial charge in [0.2, 0.25) is 0 Å². The number of aryl methyl sites for hydroxylation is 1. The molecule has 0 bridgehead atoms. The number of nitrogens with two attached hydrogens (primary N) is 1. The second kappa shape index (κ2) is 7.09. The number of aromatic nitrogens is 3. The lowest BCUT2D eigenvalue weighted by molar-refractivity contribution is 0.589. The molecule has 2 N–H and O–H groups in total. The zero-order chi connectivity index (χ0) is 14.5. The Kier molecular flexibility index (Phi) is 4.93. The van der Waals surface area contributed by atoms with E-state index >= 15 is 0 Å². The van der Waals surface area contributed by atoms with Gasteiger partial charge in [-0.1, -0.05) is 48.5 Å². The predicted octanol–water partition coefficient (Wildman–Crippen LogP) is 3.19. The third kappa shape index (κ3) is 3.47. The number of benzene rings is 1. The summed E-state index contributed by atoms with van der Waals surface area (Å²) in [6.07, 6.45) is 5.76. The van der Waals surface area contributed by atoms with E-state index < -0.39 is 0 Å². The van der Waals surface area contributed by atoms with Crippen molar-refractivity contribution in [2.45, 2.75) is 49.1 Å². The van der Waals surface area contributed by atoms with Gasteiger partial charge in [0, 0.05) is 18.2 Å². The van der Waals surface area contributed by atoms with Crippen molar-refractivity contribution >= 4 is 11.8 Å². The number of thioether (sulfide) groups is 1. The fourth-order valence-corrected chi connectivity index (χ4v) is 4.00. The van der Waals surface area contributed by atoms with Crippen LogP contribution in [-0.4, -0.2) is 21.3 Å². The van der Waals surface area contributed by atoms with Crippen LogP contribution in [0.5, 0.6) is 0 Å². The number of nitrogens with zero attached hydrogens (tertiary/aromatic N) is 3. The fourth-order valence-electron chi connectivity index (χ4n) is 2.79. The van der Waals surface area contributed by atoms with Crippen molar-refractivity contribution in [1.82, 2.24) is 14.8 Å². The minimum Gasteiger partial charge on any atom is -0.330 e. The molecule has 112 valence electrons. The number of hydrogen-bond donors (Lipinski definition) is 1. The number of rotatable bonds is 5. The highest BCUT2D eigenvalue weighted by Crippen LogP contribution is 2.37. The van der Waals surface area contributed by atoms with E-state index in [4.69, 9.17) is 5.73 Å². The molecule has 1 atom stereocenters. The van der Waals surface area contributed by atoms with Crippen molar-refractivity contribution in [3.05, 3.63) is 41.7 Å². The summed E-state index contributed by atoms with van der Waals surface area (Å²) in [6, 6.07) is 10.6. The van der Waals surface area contributed by atoms with Gasteiger partial charge in [0.25, 0.3) is 0 Å². The Morgan fingerprint density at radius 3 is 2.81 bits per heavy atom. The smallest absolute Gasteiger partial charge is 0.191 e. The Labute approximate surface area is 130 Å². The zero-order valence-electron chi connectivity index (χ0n) is 12.2. The molecule has 1 aromatic carbocycles. The van der Waals surface area contributed by atoms with E-state index in [9.17, 15) is 0 Å². The van der Waals surface area contributed by atoms with Gasteiger partial charge in [0.1, 0.15) is 5.82 Å². The third-order valence-corrected chi connectivity index (χ3v) is 5.23. The fraction of sp³-hybridized carbons (Fsp3) is 0.500. The summed E-state index contributed by atoms with van der Waals surface area (Å²) in [5, 5.41) is 10.2. The molecule has 2 heterocycles. The molecule has 1 aliphatic heterocycles. The minimum absolute atomic E-state index is 0.354. The molecule has 0 fully saturated rings. The van der Waals surface area contributed by atoms with E-state index in [1.54, 1.807) is 11.8 Å². The van der Waals surface area contributed by atoms with Crippen LogP contribution >= 0.6 is 11.8 Å². The first kappa shape index (κ1) is 14.6. The average Bonchev–Trinajstić information content (AvgIpc) is 2.75. The van der Waals surface area contributed by atoms with Crippen molar-refractivity contribution < 1.29 is 0 Å². The van der Waals surface area contributed by atoms with E-state index in [-0.39, 0.29) is 0 Å². The highest BCUT2D eigenvalue weighted by atomic mass is 32.2. The van der Waals surface area contributed by atoms with Gasteiger partial charge in [-0.05, 0) is 31.4 Å². The highest BCUT2D eigenvalue weighted by molar-refractivity contribution is 7.99. The Hall–Kier alpha value is -1.33. The van der Waals surface area contributed by atoms with Crippen molar-refractivity contribution in [2.75, 3.05) is 6.54 Å². The summed E-state index contributed by atoms with van der Waals surface area (Å²) < 4.78 is 2.31. The standard InChI is InChI=1S/C16H22N4S/c17-11-10-14(13-7-3-1-4-8-13)21-16-19-18-15-9-5-2-6-12-20(15)16/h1,3-4,7-8,14H,2,5-6,9-12,17H2. The van der Waals surface area contributed by atoms with Crippen LogP contribution in [0.2, 0.25) is 0 Å². The molecule has 1 aliphatic rings. The highest BCUT2D eigenvalue weighted by Gasteiger charge is 2.19. The summed E-state index contributed by atoms with van der Waals surface area (Å²) >= 11 is 1.81. The van der Waals surface area contributed by atoms with Crippen LogP contribution in [0, 0.1) is 0 Å². The van der Waals surface area contributed by atoms with Gasteiger partial charge in [-0.15, -0.1) is 10.2 Å². The van der Waals surface area contributed by atoms with Crippen LogP contribution in [0.1, 0.15) is 42.3 Å². The summed E-state index contributed by atoms with van der Waals surface area (Å²) in [5.74, 6) is 1.15. The van der Waals surface area contributed by atoms with Crippen LogP contribution in [0.25, 0.3) is 0 Å². The van der Waals surface area contributed by atoms with Crippen molar-refractivity contribution in [3.63, 3.8) is 0 Å². The third-order valence-electron chi connectivity index (χ3n) is 3.92. The molecule has 3 rings (SSSR count). The summed E-state index contributed by atoms with van der Waals surface area (Å²) in [7, 11) is 0. The lowest BCUT2D eigenvalue weighted by Gasteiger charge is -2.16. The molecule has 0 spiro atoms. The zero-order valence-corrected chi connectivity index (χ0v) is 13.1. The van der Waals surface area contributed by atoms with Crippen molar-refractivity contribution in [1.29, 1.82) is 0 Å². The lowest BCUT2D eigenvalue weighted by Crippen LogP contribution is -2.07. The minimum atomic E-state index is 0.354. The normalized spacial score (nSPS) is 16.2. The van der Waals surface area contributed by atoms with Gasteiger partial charge in [0.05, 0.1) is 0 Å². The van der Waals surface area contributed by atoms with E-state index in [0.29, 0.717) is 11.8 Å².